The highest BCUT2D eigenvalue weighted by Gasteiger charge is 2.20. The summed E-state index contributed by atoms with van der Waals surface area (Å²) < 4.78 is 0. The Morgan fingerprint density at radius 2 is 1.79 bits per heavy atom. The van der Waals surface area contributed by atoms with Gasteiger partial charge in [-0.2, -0.15) is 0 Å². The Labute approximate surface area is 116 Å². The third-order valence-electron chi connectivity index (χ3n) is 4.51. The molecule has 2 aromatic rings. The van der Waals surface area contributed by atoms with Crippen LogP contribution >= 0.6 is 0 Å². The molecule has 1 heterocycles. The van der Waals surface area contributed by atoms with E-state index in [1.807, 2.05) is 0 Å². The van der Waals surface area contributed by atoms with Crippen LogP contribution in [-0.4, -0.2) is 4.98 Å². The van der Waals surface area contributed by atoms with Crippen molar-refractivity contribution < 1.29 is 0 Å². The molecule has 1 aromatic carbocycles. The predicted octanol–water partition coefficient (Wildman–Crippen LogP) is 5.28. The lowest BCUT2D eigenvalue weighted by molar-refractivity contribution is 0.344. The number of H-pyrrole nitrogens is 1. The normalized spacial score (nSPS) is 23.5. The van der Waals surface area contributed by atoms with Gasteiger partial charge in [0.05, 0.1) is 0 Å². The molecule has 1 aliphatic rings. The standard InChI is InChI=1S/C18H23N/c1-13-6-8-15(9-7-13)18-11-17(12-19-18)16-5-3-4-14(2)10-16/h3-5,10-13,15,19H,6-9H2,1-2H3. The SMILES string of the molecule is Cc1cccc(-c2c[nH]c(C3CCC(C)CC3)c2)c1. The van der Waals surface area contributed by atoms with E-state index in [4.69, 9.17) is 0 Å². The molecule has 0 unspecified atom stereocenters. The van der Waals surface area contributed by atoms with Crippen molar-refractivity contribution in [2.45, 2.75) is 45.4 Å². The fourth-order valence-electron chi connectivity index (χ4n) is 3.21. The summed E-state index contributed by atoms with van der Waals surface area (Å²) in [6.07, 6.45) is 7.61. The smallest absolute Gasteiger partial charge is 0.0185 e. The van der Waals surface area contributed by atoms with Crippen molar-refractivity contribution in [3.8, 4) is 11.1 Å². The molecule has 100 valence electrons. The van der Waals surface area contributed by atoms with Gasteiger partial charge < -0.3 is 4.98 Å². The van der Waals surface area contributed by atoms with Gasteiger partial charge in [0.15, 0.2) is 0 Å². The minimum absolute atomic E-state index is 0.745. The second-order valence-electron chi connectivity index (χ2n) is 6.17. The monoisotopic (exact) mass is 253 g/mol. The molecule has 0 amide bonds. The van der Waals surface area contributed by atoms with E-state index in [1.165, 1.54) is 48.1 Å². The van der Waals surface area contributed by atoms with Crippen LogP contribution in [0.5, 0.6) is 0 Å². The van der Waals surface area contributed by atoms with E-state index in [0.717, 1.165) is 11.8 Å². The summed E-state index contributed by atoms with van der Waals surface area (Å²) in [6, 6.07) is 11.1. The number of benzene rings is 1. The van der Waals surface area contributed by atoms with Crippen molar-refractivity contribution in [2.75, 3.05) is 0 Å². The molecule has 0 bridgehead atoms. The van der Waals surface area contributed by atoms with Gasteiger partial charge in [-0.25, -0.2) is 0 Å². The Balaban J connectivity index is 1.80. The first-order valence-corrected chi connectivity index (χ1v) is 7.48. The molecule has 0 radical (unpaired) electrons. The second kappa shape index (κ2) is 5.24. The highest BCUT2D eigenvalue weighted by molar-refractivity contribution is 5.64. The number of hydrogen-bond acceptors (Lipinski definition) is 0. The molecule has 0 spiro atoms. The highest BCUT2D eigenvalue weighted by Crippen LogP contribution is 2.36. The van der Waals surface area contributed by atoms with Crippen molar-refractivity contribution in [1.29, 1.82) is 0 Å². The summed E-state index contributed by atoms with van der Waals surface area (Å²) in [5.41, 5.74) is 5.42. The zero-order valence-corrected chi connectivity index (χ0v) is 11.9. The van der Waals surface area contributed by atoms with Crippen LogP contribution in [0.1, 0.15) is 49.8 Å². The van der Waals surface area contributed by atoms with E-state index in [1.54, 1.807) is 0 Å². The fourth-order valence-corrected chi connectivity index (χ4v) is 3.21. The fraction of sp³-hybridized carbons (Fsp3) is 0.444. The first kappa shape index (κ1) is 12.5. The summed E-state index contributed by atoms with van der Waals surface area (Å²) in [4.78, 5) is 3.51. The Kier molecular flexibility index (Phi) is 3.46. The molecule has 0 aliphatic heterocycles. The predicted molar refractivity (Wildman–Crippen MR) is 81.3 cm³/mol. The lowest BCUT2D eigenvalue weighted by Crippen LogP contribution is -2.10. The minimum Gasteiger partial charge on any atom is -0.364 e. The van der Waals surface area contributed by atoms with Gasteiger partial charge in [0.1, 0.15) is 0 Å². The molecule has 1 fully saturated rings. The van der Waals surface area contributed by atoms with Crippen LogP contribution in [0.4, 0.5) is 0 Å². The largest absolute Gasteiger partial charge is 0.364 e. The number of rotatable bonds is 2. The third kappa shape index (κ3) is 2.75. The highest BCUT2D eigenvalue weighted by atomic mass is 14.7. The summed E-state index contributed by atoms with van der Waals surface area (Å²) in [7, 11) is 0. The van der Waals surface area contributed by atoms with Crippen molar-refractivity contribution in [1.82, 2.24) is 4.98 Å². The van der Waals surface area contributed by atoms with Gasteiger partial charge in [0.2, 0.25) is 0 Å². The molecule has 1 aliphatic carbocycles. The zero-order valence-electron chi connectivity index (χ0n) is 11.9. The van der Waals surface area contributed by atoms with Crippen LogP contribution in [0.15, 0.2) is 36.5 Å². The lowest BCUT2D eigenvalue weighted by atomic mass is 9.81. The summed E-state index contributed by atoms with van der Waals surface area (Å²) in [5.74, 6) is 1.66. The number of nitrogens with one attached hydrogen (secondary N) is 1. The lowest BCUT2D eigenvalue weighted by Gasteiger charge is -2.25. The number of aryl methyl sites for hydroxylation is 1. The Hall–Kier alpha value is -1.50. The molecule has 1 heteroatoms. The van der Waals surface area contributed by atoms with E-state index in [0.29, 0.717) is 0 Å². The molecule has 0 atom stereocenters. The molecule has 1 saturated carbocycles. The Bertz CT molecular complexity index is 544. The van der Waals surface area contributed by atoms with Crippen LogP contribution in [0.25, 0.3) is 11.1 Å². The summed E-state index contributed by atoms with van der Waals surface area (Å²) in [5, 5.41) is 0. The van der Waals surface area contributed by atoms with Gasteiger partial charge in [-0.1, -0.05) is 49.6 Å². The van der Waals surface area contributed by atoms with Gasteiger partial charge in [-0.05, 0) is 48.8 Å². The topological polar surface area (TPSA) is 15.8 Å². The van der Waals surface area contributed by atoms with E-state index in [2.05, 4.69) is 55.4 Å². The molecule has 1 aromatic heterocycles. The Morgan fingerprint density at radius 3 is 2.53 bits per heavy atom. The van der Waals surface area contributed by atoms with E-state index >= 15 is 0 Å². The van der Waals surface area contributed by atoms with E-state index < -0.39 is 0 Å². The maximum Gasteiger partial charge on any atom is 0.0185 e. The number of aromatic amines is 1. The third-order valence-corrected chi connectivity index (χ3v) is 4.51. The maximum absolute atomic E-state index is 3.51. The molecule has 3 rings (SSSR count). The molecular weight excluding hydrogens is 230 g/mol. The van der Waals surface area contributed by atoms with E-state index in [9.17, 15) is 0 Å². The number of hydrogen-bond donors (Lipinski definition) is 1. The van der Waals surface area contributed by atoms with Crippen molar-refractivity contribution in [2.24, 2.45) is 5.92 Å². The first-order valence-electron chi connectivity index (χ1n) is 7.48. The van der Waals surface area contributed by atoms with Gasteiger partial charge >= 0.3 is 0 Å². The maximum atomic E-state index is 3.51. The van der Waals surface area contributed by atoms with Crippen molar-refractivity contribution in [3.63, 3.8) is 0 Å². The summed E-state index contributed by atoms with van der Waals surface area (Å²) >= 11 is 0. The average molecular weight is 253 g/mol. The molecular formula is C18H23N. The molecule has 19 heavy (non-hydrogen) atoms. The van der Waals surface area contributed by atoms with Crippen molar-refractivity contribution in [3.05, 3.63) is 47.8 Å². The van der Waals surface area contributed by atoms with Crippen LogP contribution in [-0.2, 0) is 0 Å². The quantitative estimate of drug-likeness (QED) is 0.749. The Morgan fingerprint density at radius 1 is 1.00 bits per heavy atom. The second-order valence-corrected chi connectivity index (χ2v) is 6.17. The van der Waals surface area contributed by atoms with Crippen LogP contribution < -0.4 is 0 Å². The molecule has 1 nitrogen and oxygen atoms in total. The van der Waals surface area contributed by atoms with Gasteiger partial charge in [0.25, 0.3) is 0 Å². The zero-order chi connectivity index (χ0) is 13.2. The van der Waals surface area contributed by atoms with Crippen molar-refractivity contribution >= 4 is 0 Å². The average Bonchev–Trinajstić information content (AvgIpc) is 2.89. The molecule has 1 N–H and O–H groups in total. The minimum atomic E-state index is 0.745. The first-order chi connectivity index (χ1) is 9.22. The number of aromatic nitrogens is 1. The van der Waals surface area contributed by atoms with Crippen LogP contribution in [0, 0.1) is 12.8 Å². The van der Waals surface area contributed by atoms with Gasteiger partial charge in [-0.15, -0.1) is 0 Å². The van der Waals surface area contributed by atoms with Gasteiger partial charge in [0, 0.05) is 11.9 Å². The summed E-state index contributed by atoms with van der Waals surface area (Å²) in [6.45, 7) is 4.53. The van der Waals surface area contributed by atoms with Crippen LogP contribution in [0.3, 0.4) is 0 Å². The molecule has 0 saturated heterocycles. The van der Waals surface area contributed by atoms with E-state index in [-0.39, 0.29) is 0 Å². The van der Waals surface area contributed by atoms with Crippen LogP contribution in [0.2, 0.25) is 0 Å². The van der Waals surface area contributed by atoms with Gasteiger partial charge in [-0.3, -0.25) is 0 Å².